The average Bonchev–Trinajstić information content (AvgIpc) is 3.13. The first-order valence-corrected chi connectivity index (χ1v) is 20.1. The standard InChI is InChI=1S/C37H32N3O7P3/c1-41-31-27-29-37(30-28-31)47-50(46-36-25-15-6-16-26-36)39-48(42-32-17-7-2-8-18-32,43-33-19-9-3-10-20-33)38-49(40-50,44-34-21-11-4-12-22-34)45-35-23-13-5-14-24-35/h2-30H,1H3. The van der Waals surface area contributed by atoms with Gasteiger partial charge in [0.15, 0.2) is 0 Å². The molecule has 1 aliphatic heterocycles. The number of para-hydroxylation sites is 5. The van der Waals surface area contributed by atoms with Gasteiger partial charge in [0.05, 0.1) is 7.11 Å². The van der Waals surface area contributed by atoms with Gasteiger partial charge in [-0.25, -0.2) is 0 Å². The lowest BCUT2D eigenvalue weighted by atomic mass is 10.3. The van der Waals surface area contributed by atoms with Crippen LogP contribution < -0.4 is 31.9 Å². The van der Waals surface area contributed by atoms with Crippen molar-refractivity contribution in [3.05, 3.63) is 176 Å². The van der Waals surface area contributed by atoms with Crippen LogP contribution in [0.15, 0.2) is 189 Å². The average molecular weight is 724 g/mol. The second-order valence-corrected chi connectivity index (χ2v) is 16.7. The molecule has 50 heavy (non-hydrogen) atoms. The smallest absolute Gasteiger partial charge is 0.460 e. The van der Waals surface area contributed by atoms with Gasteiger partial charge in [-0.2, -0.15) is 0 Å². The highest BCUT2D eigenvalue weighted by molar-refractivity contribution is 7.79. The van der Waals surface area contributed by atoms with Crippen molar-refractivity contribution in [1.82, 2.24) is 0 Å². The maximum absolute atomic E-state index is 6.78. The summed E-state index contributed by atoms with van der Waals surface area (Å²) in [7, 11) is -10.2. The Kier molecular flexibility index (Phi) is 9.95. The van der Waals surface area contributed by atoms with Gasteiger partial charge in [-0.3, -0.25) is 0 Å². The van der Waals surface area contributed by atoms with Crippen LogP contribution in [-0.2, 0) is 0 Å². The van der Waals surface area contributed by atoms with Crippen LogP contribution in [-0.4, -0.2) is 7.11 Å². The van der Waals surface area contributed by atoms with E-state index in [1.54, 1.807) is 92.0 Å². The normalized spacial score (nSPS) is 17.0. The summed E-state index contributed by atoms with van der Waals surface area (Å²) in [6.45, 7) is 0. The molecule has 7 rings (SSSR count). The van der Waals surface area contributed by atoms with E-state index in [0.717, 1.165) is 0 Å². The summed E-state index contributed by atoms with van der Waals surface area (Å²) in [4.78, 5) is 0. The van der Waals surface area contributed by atoms with E-state index >= 15 is 0 Å². The summed E-state index contributed by atoms with van der Waals surface area (Å²) < 4.78 is 61.5. The van der Waals surface area contributed by atoms with Crippen LogP contribution in [0.2, 0.25) is 0 Å². The van der Waals surface area contributed by atoms with Crippen molar-refractivity contribution in [2.24, 2.45) is 13.5 Å². The Bertz CT molecular complexity index is 2000. The van der Waals surface area contributed by atoms with Gasteiger partial charge >= 0.3 is 23.0 Å². The molecule has 0 fully saturated rings. The number of benzene rings is 6. The van der Waals surface area contributed by atoms with E-state index in [4.69, 9.17) is 45.4 Å². The SMILES string of the molecule is COc1ccc(OP2(Oc3ccccc3)=NP(Oc3ccccc3)(Oc3ccccc3)=NP(Oc3ccccc3)(Oc3ccccc3)=N2)cc1. The van der Waals surface area contributed by atoms with Gasteiger partial charge in [-0.15, -0.1) is 0 Å². The van der Waals surface area contributed by atoms with Crippen LogP contribution in [0, 0.1) is 0 Å². The number of ether oxygens (including phenoxy) is 1. The first-order chi connectivity index (χ1) is 24.5. The van der Waals surface area contributed by atoms with Crippen LogP contribution in [0.25, 0.3) is 0 Å². The lowest BCUT2D eigenvalue weighted by Crippen LogP contribution is -2.11. The summed E-state index contributed by atoms with van der Waals surface area (Å²) >= 11 is 0. The third-order valence-electron chi connectivity index (χ3n) is 6.80. The minimum atomic E-state index is -3.93. The van der Waals surface area contributed by atoms with Crippen molar-refractivity contribution < 1.29 is 31.9 Å². The Hall–Kier alpha value is -5.39. The third kappa shape index (κ3) is 8.24. The van der Waals surface area contributed by atoms with Crippen LogP contribution >= 0.6 is 23.0 Å². The molecule has 1 aliphatic rings. The van der Waals surface area contributed by atoms with Crippen molar-refractivity contribution in [1.29, 1.82) is 0 Å². The van der Waals surface area contributed by atoms with Crippen molar-refractivity contribution >= 4 is 23.0 Å². The molecule has 10 nitrogen and oxygen atoms in total. The maximum Gasteiger partial charge on any atom is 0.460 e. The van der Waals surface area contributed by atoms with Gasteiger partial charge in [-0.1, -0.05) is 105 Å². The van der Waals surface area contributed by atoms with Crippen LogP contribution in [0.4, 0.5) is 0 Å². The molecule has 0 radical (unpaired) electrons. The molecule has 1 atom stereocenters. The number of hydrogen-bond acceptors (Lipinski definition) is 10. The number of hydrogen-bond donors (Lipinski definition) is 0. The second-order valence-electron chi connectivity index (χ2n) is 10.5. The Morgan fingerprint density at radius 3 is 0.700 bits per heavy atom. The van der Waals surface area contributed by atoms with Gasteiger partial charge in [-0.05, 0) is 84.9 Å². The van der Waals surface area contributed by atoms with E-state index in [1.807, 2.05) is 91.0 Å². The third-order valence-corrected chi connectivity index (χ3v) is 14.9. The monoisotopic (exact) mass is 723 g/mol. The lowest BCUT2D eigenvalue weighted by Gasteiger charge is -2.33. The zero-order valence-corrected chi connectivity index (χ0v) is 29.5. The zero-order valence-electron chi connectivity index (χ0n) is 26.8. The lowest BCUT2D eigenvalue weighted by molar-refractivity contribution is 0.413. The van der Waals surface area contributed by atoms with E-state index in [0.29, 0.717) is 40.2 Å². The summed E-state index contributed by atoms with van der Waals surface area (Å²) in [6.07, 6.45) is 0. The zero-order chi connectivity index (χ0) is 34.1. The Labute approximate surface area is 291 Å². The second kappa shape index (κ2) is 15.0. The Morgan fingerprint density at radius 2 is 0.480 bits per heavy atom. The molecule has 0 spiro atoms. The van der Waals surface area contributed by atoms with E-state index < -0.39 is 23.0 Å². The first kappa shape index (κ1) is 33.1. The van der Waals surface area contributed by atoms with Crippen LogP contribution in [0.1, 0.15) is 0 Å². The minimum absolute atomic E-state index is 0.402. The highest BCUT2D eigenvalue weighted by Crippen LogP contribution is 2.78. The van der Waals surface area contributed by atoms with Gasteiger partial charge in [0.25, 0.3) is 0 Å². The predicted octanol–water partition coefficient (Wildman–Crippen LogP) is 12.3. The molecule has 0 aliphatic carbocycles. The molecule has 0 amide bonds. The number of methoxy groups -OCH3 is 1. The quantitative estimate of drug-likeness (QED) is 0.109. The van der Waals surface area contributed by atoms with Crippen molar-refractivity contribution in [3.63, 3.8) is 0 Å². The summed E-state index contributed by atoms with van der Waals surface area (Å²) in [6, 6.07) is 52.9. The Balaban J connectivity index is 1.55. The van der Waals surface area contributed by atoms with Gasteiger partial charge in [0.1, 0.15) is 40.2 Å². The van der Waals surface area contributed by atoms with Gasteiger partial charge in [0, 0.05) is 0 Å². The molecule has 1 heterocycles. The summed E-state index contributed by atoms with van der Waals surface area (Å²) in [5, 5.41) is 0. The Morgan fingerprint density at radius 1 is 0.280 bits per heavy atom. The minimum Gasteiger partial charge on any atom is -0.497 e. The number of nitrogens with zero attached hydrogens (tertiary/aromatic N) is 3. The maximum atomic E-state index is 6.78. The molecular formula is C37H32N3O7P3. The van der Waals surface area contributed by atoms with E-state index in [1.165, 1.54) is 0 Å². The van der Waals surface area contributed by atoms with Gasteiger partial charge < -0.3 is 31.9 Å². The van der Waals surface area contributed by atoms with Crippen molar-refractivity contribution in [2.75, 3.05) is 7.11 Å². The molecule has 0 saturated carbocycles. The fourth-order valence-corrected chi connectivity index (χ4v) is 13.7. The molecule has 252 valence electrons. The predicted molar refractivity (Wildman–Crippen MR) is 197 cm³/mol. The molecule has 13 heteroatoms. The highest BCUT2D eigenvalue weighted by atomic mass is 31.3. The molecule has 6 aromatic rings. The van der Waals surface area contributed by atoms with Gasteiger partial charge in [0.2, 0.25) is 0 Å². The van der Waals surface area contributed by atoms with E-state index in [9.17, 15) is 0 Å². The molecule has 0 bridgehead atoms. The molecule has 0 aromatic heterocycles. The largest absolute Gasteiger partial charge is 0.497 e. The summed E-state index contributed by atoms with van der Waals surface area (Å²) in [5.41, 5.74) is 0. The van der Waals surface area contributed by atoms with Crippen LogP contribution in [0.3, 0.4) is 0 Å². The number of rotatable bonds is 13. The molecule has 6 aromatic carbocycles. The molecule has 1 unspecified atom stereocenters. The molecular weight excluding hydrogens is 691 g/mol. The highest BCUT2D eigenvalue weighted by Gasteiger charge is 2.48. The fraction of sp³-hybridized carbons (Fsp3) is 0.0270. The molecule has 0 N–H and O–H groups in total. The topological polar surface area (TPSA) is 102 Å². The van der Waals surface area contributed by atoms with E-state index in [-0.39, 0.29) is 0 Å². The first-order valence-electron chi connectivity index (χ1n) is 15.5. The van der Waals surface area contributed by atoms with Crippen LogP contribution in [0.5, 0.6) is 40.2 Å². The van der Waals surface area contributed by atoms with Crippen molar-refractivity contribution in [2.45, 2.75) is 0 Å². The fourth-order valence-electron chi connectivity index (χ4n) is 4.62. The van der Waals surface area contributed by atoms with Crippen molar-refractivity contribution in [3.8, 4) is 40.2 Å². The van der Waals surface area contributed by atoms with E-state index in [2.05, 4.69) is 0 Å². The molecule has 0 saturated heterocycles. The summed E-state index contributed by atoms with van der Waals surface area (Å²) in [5.74, 6) is 3.29.